The predicted octanol–water partition coefficient (Wildman–Crippen LogP) is -1.42. The predicted molar refractivity (Wildman–Crippen MR) is 59.9 cm³/mol. The van der Waals surface area contributed by atoms with Gasteiger partial charge in [-0.25, -0.2) is 9.78 Å². The van der Waals surface area contributed by atoms with Gasteiger partial charge in [0.2, 0.25) is 5.01 Å². The zero-order chi connectivity index (χ0) is 11.7. The molecule has 1 atom stereocenters. The molecule has 1 aliphatic heterocycles. The quantitative estimate of drug-likeness (QED) is 0.675. The number of hydrogen-bond acceptors (Lipinski definition) is 4. The molecule has 1 fully saturated rings. The summed E-state index contributed by atoms with van der Waals surface area (Å²) in [6.07, 6.45) is 2.00. The van der Waals surface area contributed by atoms with Crippen LogP contribution < -0.4 is 51.4 Å². The molecule has 1 saturated heterocycles. The molecule has 1 aliphatic rings. The molecule has 0 bridgehead atoms. The van der Waals surface area contributed by atoms with Crippen LogP contribution in [0.25, 0.3) is 0 Å². The van der Waals surface area contributed by atoms with Crippen molar-refractivity contribution < 1.29 is 67.5 Å². The van der Waals surface area contributed by atoms with Crippen LogP contribution in [0.3, 0.4) is 0 Å². The number of thiazole rings is 1. The molecule has 0 saturated carbocycles. The maximum Gasteiger partial charge on any atom is 1.00 e. The zero-order valence-electron chi connectivity index (χ0n) is 10.8. The van der Waals surface area contributed by atoms with Gasteiger partial charge in [0.1, 0.15) is 5.69 Å². The number of nitrogens with zero attached hydrogens (tertiary/aromatic N) is 2. The van der Waals surface area contributed by atoms with E-state index in [0.717, 1.165) is 30.7 Å². The third-order valence-electron chi connectivity index (χ3n) is 2.72. The number of hydrogen-bond donors (Lipinski definition) is 1. The van der Waals surface area contributed by atoms with Crippen molar-refractivity contribution in [2.45, 2.75) is 25.8 Å². The van der Waals surface area contributed by atoms with Gasteiger partial charge >= 0.3 is 57.4 Å². The largest absolute Gasteiger partial charge is 1.00 e. The van der Waals surface area contributed by atoms with E-state index in [1.54, 1.807) is 4.90 Å². The van der Waals surface area contributed by atoms with Crippen molar-refractivity contribution in [1.29, 1.82) is 0 Å². The van der Waals surface area contributed by atoms with E-state index in [1.807, 2.05) is 6.92 Å². The molecule has 0 aromatic carbocycles. The summed E-state index contributed by atoms with van der Waals surface area (Å²) >= 11 is 0.988. The van der Waals surface area contributed by atoms with Gasteiger partial charge in [0.05, 0.1) is 0 Å². The summed E-state index contributed by atoms with van der Waals surface area (Å²) in [5.74, 6) is -1.24. The fraction of sp³-hybridized carbons (Fsp3) is 0.500. The van der Waals surface area contributed by atoms with Crippen molar-refractivity contribution in [3.63, 3.8) is 0 Å². The van der Waals surface area contributed by atoms with E-state index in [0.29, 0.717) is 0 Å². The first kappa shape index (κ1) is 15.3. The summed E-state index contributed by atoms with van der Waals surface area (Å²) < 4.78 is 0. The van der Waals surface area contributed by atoms with Crippen LogP contribution in [0.5, 0.6) is 0 Å². The van der Waals surface area contributed by atoms with Gasteiger partial charge in [-0.15, -0.1) is 11.3 Å². The fourth-order valence-corrected chi connectivity index (χ4v) is 2.48. The smallest absolute Gasteiger partial charge is 1.00 e. The molecule has 0 unspecified atom stereocenters. The van der Waals surface area contributed by atoms with Gasteiger partial charge < -0.3 is 11.4 Å². The second-order valence-electron chi connectivity index (χ2n) is 3.83. The van der Waals surface area contributed by atoms with E-state index in [1.165, 1.54) is 5.38 Å². The first-order chi connectivity index (χ1) is 7.59. The Hall–Kier alpha value is 0.206. The summed E-state index contributed by atoms with van der Waals surface area (Å²) in [5, 5.41) is 10.2. The van der Waals surface area contributed by atoms with Crippen molar-refractivity contribution in [3.05, 3.63) is 16.1 Å². The standard InChI is InChI=1S/C10H12N2O3S.K.H/c1-6-3-2-4-12(6)9(13)7-5-16-8(11-7)10(14)15;;/h5-6H,2-4H2,1H3,(H,14,15);;/q;+1;-1/t6-;;/m0../s1. The van der Waals surface area contributed by atoms with Gasteiger partial charge in [0.25, 0.3) is 5.91 Å². The van der Waals surface area contributed by atoms with Gasteiger partial charge in [-0.05, 0) is 19.8 Å². The Morgan fingerprint density at radius 1 is 1.65 bits per heavy atom. The van der Waals surface area contributed by atoms with Crippen molar-refractivity contribution in [1.82, 2.24) is 9.88 Å². The third kappa shape index (κ3) is 3.36. The normalized spacial score (nSPS) is 18.9. The summed E-state index contributed by atoms with van der Waals surface area (Å²) in [7, 11) is 0. The van der Waals surface area contributed by atoms with Crippen LogP contribution >= 0.6 is 11.3 Å². The zero-order valence-corrected chi connectivity index (χ0v) is 13.8. The van der Waals surface area contributed by atoms with E-state index in [9.17, 15) is 9.59 Å². The number of rotatable bonds is 2. The second kappa shape index (κ2) is 6.40. The molecule has 88 valence electrons. The number of carboxylic acids is 1. The van der Waals surface area contributed by atoms with Crippen LogP contribution in [0.2, 0.25) is 0 Å². The molecular formula is C10H13KN2O3S. The average Bonchev–Trinajstić information content (AvgIpc) is 2.84. The molecule has 5 nitrogen and oxygen atoms in total. The Morgan fingerprint density at radius 3 is 2.82 bits per heavy atom. The monoisotopic (exact) mass is 280 g/mol. The molecule has 1 aromatic rings. The summed E-state index contributed by atoms with van der Waals surface area (Å²) in [5.41, 5.74) is 0.246. The maximum atomic E-state index is 12.0. The van der Waals surface area contributed by atoms with E-state index in [2.05, 4.69) is 4.98 Å². The Morgan fingerprint density at radius 2 is 2.35 bits per heavy atom. The Labute approximate surface area is 147 Å². The van der Waals surface area contributed by atoms with Gasteiger partial charge in [0.15, 0.2) is 0 Å². The number of carbonyl (C=O) groups is 2. The van der Waals surface area contributed by atoms with Crippen molar-refractivity contribution in [3.8, 4) is 0 Å². The SMILES string of the molecule is C[C@H]1CCCN1C(=O)c1csc(C(=O)O)n1.[H-].[K+]. The number of likely N-dealkylation sites (tertiary alicyclic amines) is 1. The second-order valence-corrected chi connectivity index (χ2v) is 4.69. The van der Waals surface area contributed by atoms with Crippen molar-refractivity contribution in [2.24, 2.45) is 0 Å². The molecule has 1 amide bonds. The molecule has 1 N–H and O–H groups in total. The summed E-state index contributed by atoms with van der Waals surface area (Å²) in [6.45, 7) is 2.73. The minimum Gasteiger partial charge on any atom is -1.00 e. The van der Waals surface area contributed by atoms with Crippen LogP contribution in [0.1, 0.15) is 41.5 Å². The molecule has 1 aromatic heterocycles. The van der Waals surface area contributed by atoms with Crippen molar-refractivity contribution >= 4 is 23.2 Å². The van der Waals surface area contributed by atoms with E-state index in [4.69, 9.17) is 5.11 Å². The molecule has 0 aliphatic carbocycles. The first-order valence-corrected chi connectivity index (χ1v) is 5.97. The van der Waals surface area contributed by atoms with Crippen LogP contribution in [0.4, 0.5) is 0 Å². The number of aromatic carboxylic acids is 1. The Bertz CT molecular complexity index is 441. The third-order valence-corrected chi connectivity index (χ3v) is 3.55. The summed E-state index contributed by atoms with van der Waals surface area (Å²) in [4.78, 5) is 28.2. The number of carbonyl (C=O) groups excluding carboxylic acids is 1. The first-order valence-electron chi connectivity index (χ1n) is 5.09. The molecule has 2 heterocycles. The molecule has 7 heteroatoms. The van der Waals surface area contributed by atoms with Crippen LogP contribution in [-0.2, 0) is 0 Å². The van der Waals surface area contributed by atoms with E-state index < -0.39 is 5.97 Å². The van der Waals surface area contributed by atoms with Gasteiger partial charge in [-0.2, -0.15) is 0 Å². The molecule has 2 rings (SSSR count). The average molecular weight is 280 g/mol. The topological polar surface area (TPSA) is 70.5 Å². The maximum absolute atomic E-state index is 12.0. The molecule has 0 spiro atoms. The number of carboxylic acid groups (broad SMARTS) is 1. The van der Waals surface area contributed by atoms with Crippen LogP contribution in [0.15, 0.2) is 5.38 Å². The molecule has 17 heavy (non-hydrogen) atoms. The number of aromatic nitrogens is 1. The van der Waals surface area contributed by atoms with Crippen LogP contribution in [0, 0.1) is 0 Å². The van der Waals surface area contributed by atoms with Crippen molar-refractivity contribution in [2.75, 3.05) is 6.54 Å². The van der Waals surface area contributed by atoms with Gasteiger partial charge in [-0.3, -0.25) is 4.79 Å². The minimum atomic E-state index is -1.08. The minimum absolute atomic E-state index is 0. The van der Waals surface area contributed by atoms with E-state index in [-0.39, 0.29) is 75.5 Å². The molecular weight excluding hydrogens is 267 g/mol. The summed E-state index contributed by atoms with van der Waals surface area (Å²) in [6, 6.07) is 0.225. The fourth-order valence-electron chi connectivity index (χ4n) is 1.85. The Kier molecular flexibility index (Phi) is 5.74. The molecule has 0 radical (unpaired) electrons. The van der Waals surface area contributed by atoms with Gasteiger partial charge in [-0.1, -0.05) is 0 Å². The van der Waals surface area contributed by atoms with Gasteiger partial charge in [0, 0.05) is 18.0 Å². The van der Waals surface area contributed by atoms with E-state index >= 15 is 0 Å². The number of amides is 1. The van der Waals surface area contributed by atoms with Crippen LogP contribution in [-0.4, -0.2) is 39.5 Å². The Balaban J connectivity index is 0.00000144.